The Bertz CT molecular complexity index is 1470. The van der Waals surface area contributed by atoms with Crippen LogP contribution in [0.15, 0.2) is 79.6 Å². The third kappa shape index (κ3) is 6.57. The predicted molar refractivity (Wildman–Crippen MR) is 156 cm³/mol. The Balaban J connectivity index is 1.30. The number of aliphatic hydroxyl groups is 1. The van der Waals surface area contributed by atoms with Gasteiger partial charge < -0.3 is 20.6 Å². The summed E-state index contributed by atoms with van der Waals surface area (Å²) in [6.45, 7) is 11.4. The van der Waals surface area contributed by atoms with Crippen LogP contribution in [0.5, 0.6) is 0 Å². The molecule has 4 aromatic rings. The van der Waals surface area contributed by atoms with Crippen molar-refractivity contribution >= 4 is 40.0 Å². The number of nitrogens with one attached hydrogen (secondary N) is 2. The molecule has 1 amide bonds. The highest BCUT2D eigenvalue weighted by Crippen LogP contribution is 2.30. The number of para-hydroxylation sites is 1. The molecule has 0 bridgehead atoms. The van der Waals surface area contributed by atoms with E-state index >= 15 is 0 Å². The number of aromatic nitrogens is 3. The van der Waals surface area contributed by atoms with Crippen LogP contribution in [0.1, 0.15) is 13.8 Å². The molecular formula is C30H33N7O2. The first-order valence-electron chi connectivity index (χ1n) is 13.0. The van der Waals surface area contributed by atoms with E-state index in [0.29, 0.717) is 18.2 Å². The number of hydrogen-bond donors (Lipinski definition) is 3. The SMILES string of the molecule is C=CC(=O)Nc1cccc(-c2cccc3cnc(Nc4ccc(N5CCN(CC(C)(C)O)CC5)nc4)nc23)c1. The van der Waals surface area contributed by atoms with Gasteiger partial charge in [0, 0.05) is 55.6 Å². The van der Waals surface area contributed by atoms with Crippen molar-refractivity contribution in [3.63, 3.8) is 0 Å². The fourth-order valence-electron chi connectivity index (χ4n) is 4.77. The van der Waals surface area contributed by atoms with Gasteiger partial charge in [0.1, 0.15) is 5.82 Å². The van der Waals surface area contributed by atoms with E-state index in [1.807, 2.05) is 68.4 Å². The van der Waals surface area contributed by atoms with Crippen LogP contribution in [0, 0.1) is 0 Å². The van der Waals surface area contributed by atoms with E-state index in [-0.39, 0.29) is 5.91 Å². The minimum absolute atomic E-state index is 0.258. The fraction of sp³-hybridized carbons (Fsp3) is 0.267. The highest BCUT2D eigenvalue weighted by atomic mass is 16.3. The van der Waals surface area contributed by atoms with Gasteiger partial charge in [-0.3, -0.25) is 9.69 Å². The number of pyridine rings is 1. The quantitative estimate of drug-likeness (QED) is 0.291. The molecule has 0 saturated carbocycles. The van der Waals surface area contributed by atoms with Gasteiger partial charge >= 0.3 is 0 Å². The standard InChI is InChI=1S/C30H33N7O2/c1-4-27(38)33-23-9-5-7-21(17-23)25-10-6-8-22-18-32-29(35-28(22)25)34-24-11-12-26(31-19-24)37-15-13-36(14-16-37)20-30(2,3)39/h4-12,17-19,39H,1,13-16,20H2,2-3H3,(H,33,38)(H,32,34,35). The number of benzene rings is 2. The molecule has 9 heteroatoms. The number of fused-ring (bicyclic) bond motifs is 1. The molecule has 1 aliphatic rings. The largest absolute Gasteiger partial charge is 0.389 e. The molecule has 2 aromatic heterocycles. The zero-order valence-corrected chi connectivity index (χ0v) is 22.3. The van der Waals surface area contributed by atoms with Crippen LogP contribution in [0.25, 0.3) is 22.0 Å². The molecule has 0 radical (unpaired) electrons. The lowest BCUT2D eigenvalue weighted by Gasteiger charge is -2.37. The summed E-state index contributed by atoms with van der Waals surface area (Å²) in [7, 11) is 0. The lowest BCUT2D eigenvalue weighted by atomic mass is 10.0. The van der Waals surface area contributed by atoms with Gasteiger partial charge in [0.15, 0.2) is 0 Å². The molecule has 200 valence electrons. The van der Waals surface area contributed by atoms with E-state index in [0.717, 1.165) is 59.7 Å². The number of amides is 1. The molecule has 0 atom stereocenters. The van der Waals surface area contributed by atoms with Gasteiger partial charge in [-0.15, -0.1) is 0 Å². The van der Waals surface area contributed by atoms with Crippen molar-refractivity contribution in [2.75, 3.05) is 48.3 Å². The molecule has 0 unspecified atom stereocenters. The molecule has 5 rings (SSSR count). The van der Waals surface area contributed by atoms with Gasteiger partial charge in [0.05, 0.1) is 23.0 Å². The van der Waals surface area contributed by atoms with Crippen molar-refractivity contribution in [3.8, 4) is 11.1 Å². The van der Waals surface area contributed by atoms with Crippen molar-refractivity contribution in [2.24, 2.45) is 0 Å². The molecule has 1 saturated heterocycles. The van der Waals surface area contributed by atoms with Gasteiger partial charge in [-0.1, -0.05) is 36.9 Å². The first-order valence-corrected chi connectivity index (χ1v) is 13.0. The average Bonchev–Trinajstić information content (AvgIpc) is 2.93. The Morgan fingerprint density at radius 3 is 2.54 bits per heavy atom. The monoisotopic (exact) mass is 523 g/mol. The van der Waals surface area contributed by atoms with Crippen LogP contribution in [0.3, 0.4) is 0 Å². The highest BCUT2D eigenvalue weighted by Gasteiger charge is 2.23. The number of carbonyl (C=O) groups excluding carboxylic acids is 1. The van der Waals surface area contributed by atoms with E-state index in [1.165, 1.54) is 6.08 Å². The maximum absolute atomic E-state index is 11.8. The van der Waals surface area contributed by atoms with Crippen LogP contribution >= 0.6 is 0 Å². The number of piperazine rings is 1. The summed E-state index contributed by atoms with van der Waals surface area (Å²) in [5, 5.41) is 17.1. The Morgan fingerprint density at radius 2 is 1.82 bits per heavy atom. The second-order valence-electron chi connectivity index (χ2n) is 10.3. The lowest BCUT2D eigenvalue weighted by Crippen LogP contribution is -2.50. The first-order chi connectivity index (χ1) is 18.8. The van der Waals surface area contributed by atoms with Gasteiger partial charge in [0.25, 0.3) is 0 Å². The van der Waals surface area contributed by atoms with E-state index < -0.39 is 5.60 Å². The number of carbonyl (C=O) groups is 1. The second kappa shape index (κ2) is 11.2. The second-order valence-corrected chi connectivity index (χ2v) is 10.3. The van der Waals surface area contributed by atoms with Crippen LogP contribution in [-0.4, -0.2) is 69.2 Å². The van der Waals surface area contributed by atoms with Gasteiger partial charge in [-0.25, -0.2) is 15.0 Å². The summed E-state index contributed by atoms with van der Waals surface area (Å²) in [5.74, 6) is 1.14. The van der Waals surface area contributed by atoms with Crippen LogP contribution in [-0.2, 0) is 4.79 Å². The molecule has 3 N–H and O–H groups in total. The predicted octanol–water partition coefficient (Wildman–Crippen LogP) is 4.45. The summed E-state index contributed by atoms with van der Waals surface area (Å²) in [6.07, 6.45) is 4.84. The Kier molecular flexibility index (Phi) is 7.53. The van der Waals surface area contributed by atoms with Crippen molar-refractivity contribution < 1.29 is 9.90 Å². The molecule has 3 heterocycles. The fourth-order valence-corrected chi connectivity index (χ4v) is 4.77. The molecule has 2 aromatic carbocycles. The smallest absolute Gasteiger partial charge is 0.247 e. The van der Waals surface area contributed by atoms with Crippen LogP contribution in [0.2, 0.25) is 0 Å². The molecule has 0 spiro atoms. The summed E-state index contributed by atoms with van der Waals surface area (Å²) < 4.78 is 0. The molecule has 1 fully saturated rings. The number of anilines is 4. The topological polar surface area (TPSA) is 107 Å². The van der Waals surface area contributed by atoms with E-state index in [4.69, 9.17) is 4.98 Å². The minimum atomic E-state index is -0.688. The first kappa shape index (κ1) is 26.3. The summed E-state index contributed by atoms with van der Waals surface area (Å²) >= 11 is 0. The number of nitrogens with zero attached hydrogens (tertiary/aromatic N) is 5. The summed E-state index contributed by atoms with van der Waals surface area (Å²) in [4.78, 5) is 30.3. The van der Waals surface area contributed by atoms with Crippen molar-refractivity contribution in [1.29, 1.82) is 0 Å². The molecule has 39 heavy (non-hydrogen) atoms. The molecule has 0 aliphatic carbocycles. The van der Waals surface area contributed by atoms with Crippen molar-refractivity contribution in [1.82, 2.24) is 19.9 Å². The van der Waals surface area contributed by atoms with Crippen molar-refractivity contribution in [3.05, 3.63) is 79.6 Å². The van der Waals surface area contributed by atoms with Gasteiger partial charge in [0.2, 0.25) is 11.9 Å². The molecule has 1 aliphatic heterocycles. The number of β-amino-alcohol motifs (C(OH)–C–C–N with tert-alkyl or cyclic N) is 1. The average molecular weight is 524 g/mol. The van der Waals surface area contributed by atoms with Gasteiger partial charge in [-0.2, -0.15) is 0 Å². The van der Waals surface area contributed by atoms with E-state index in [9.17, 15) is 9.90 Å². The zero-order valence-electron chi connectivity index (χ0n) is 22.3. The molecular weight excluding hydrogens is 490 g/mol. The maximum Gasteiger partial charge on any atom is 0.247 e. The summed E-state index contributed by atoms with van der Waals surface area (Å²) in [6, 6.07) is 17.6. The normalized spacial score (nSPS) is 14.3. The maximum atomic E-state index is 11.8. The lowest BCUT2D eigenvalue weighted by molar-refractivity contribution is -0.111. The highest BCUT2D eigenvalue weighted by molar-refractivity contribution is 6.00. The summed E-state index contributed by atoms with van der Waals surface area (Å²) in [5.41, 5.74) is 3.46. The van der Waals surface area contributed by atoms with Crippen LogP contribution in [0.4, 0.5) is 23.1 Å². The van der Waals surface area contributed by atoms with E-state index in [1.54, 1.807) is 12.4 Å². The number of rotatable bonds is 8. The Labute approximate surface area is 228 Å². The Hall–Kier alpha value is -4.34. The number of hydrogen-bond acceptors (Lipinski definition) is 8. The third-order valence-corrected chi connectivity index (χ3v) is 6.55. The minimum Gasteiger partial charge on any atom is -0.389 e. The van der Waals surface area contributed by atoms with Gasteiger partial charge in [-0.05, 0) is 49.8 Å². The van der Waals surface area contributed by atoms with Crippen LogP contribution < -0.4 is 15.5 Å². The van der Waals surface area contributed by atoms with E-state index in [2.05, 4.69) is 37.0 Å². The third-order valence-electron chi connectivity index (χ3n) is 6.55. The van der Waals surface area contributed by atoms with Crippen molar-refractivity contribution in [2.45, 2.75) is 19.4 Å². The molecule has 9 nitrogen and oxygen atoms in total. The Morgan fingerprint density at radius 1 is 1.03 bits per heavy atom. The zero-order chi connectivity index (χ0) is 27.4.